The summed E-state index contributed by atoms with van der Waals surface area (Å²) in [6.45, 7) is 1.57. The van der Waals surface area contributed by atoms with Crippen molar-refractivity contribution < 1.29 is 36.3 Å². The number of carbonyl (C=O) groups is 1. The zero-order valence-electron chi connectivity index (χ0n) is 14.2. The van der Waals surface area contributed by atoms with Crippen LogP contribution in [0, 0.1) is 12.3 Å². The van der Waals surface area contributed by atoms with Gasteiger partial charge in [-0.3, -0.25) is 9.88 Å². The first-order chi connectivity index (χ1) is 12.2. The van der Waals surface area contributed by atoms with Gasteiger partial charge in [-0.05, 0) is 19.4 Å². The highest BCUT2D eigenvalue weighted by atomic mass is 31.2. The molecule has 0 saturated carbocycles. The molecule has 1 atom stereocenters. The Labute approximate surface area is 149 Å². The molecule has 144 valence electrons. The van der Waals surface area contributed by atoms with Crippen molar-refractivity contribution in [2.45, 2.75) is 31.9 Å². The zero-order chi connectivity index (χ0) is 19.8. The second-order valence-corrected chi connectivity index (χ2v) is 7.05. The standard InChI is InChI=1S/C16H19F3NO5P/c1-4-15(16(17,18)19,26(22,24-5-2)25-6-3)20-14(21)23-12-13-10-8-7-9-11-13/h1,7-11H,5-6,12H2,2-3H3,(H,20,21). The predicted octanol–water partition coefficient (Wildman–Crippen LogP) is 4.07. The van der Waals surface area contributed by atoms with Crippen LogP contribution in [0.2, 0.25) is 0 Å². The number of alkyl carbamates (subject to hydrolysis) is 1. The van der Waals surface area contributed by atoms with E-state index in [0.717, 1.165) is 0 Å². The molecule has 1 aromatic carbocycles. The molecule has 10 heteroatoms. The van der Waals surface area contributed by atoms with E-state index in [-0.39, 0.29) is 19.8 Å². The number of hydrogen-bond acceptors (Lipinski definition) is 5. The molecule has 0 bridgehead atoms. The van der Waals surface area contributed by atoms with E-state index in [9.17, 15) is 22.5 Å². The average Bonchev–Trinajstić information content (AvgIpc) is 2.58. The van der Waals surface area contributed by atoms with Gasteiger partial charge in [0.15, 0.2) is 0 Å². The molecule has 26 heavy (non-hydrogen) atoms. The third-order valence-electron chi connectivity index (χ3n) is 3.12. The number of alkyl halides is 3. The van der Waals surface area contributed by atoms with Gasteiger partial charge in [-0.1, -0.05) is 36.3 Å². The lowest BCUT2D eigenvalue weighted by molar-refractivity contribution is -0.159. The highest BCUT2D eigenvalue weighted by Crippen LogP contribution is 2.64. The summed E-state index contributed by atoms with van der Waals surface area (Å²) < 4.78 is 68.0. The van der Waals surface area contributed by atoms with Gasteiger partial charge in [-0.15, -0.1) is 6.42 Å². The van der Waals surface area contributed by atoms with Crippen LogP contribution in [0.4, 0.5) is 18.0 Å². The molecular formula is C16H19F3NO5P. The number of rotatable bonds is 8. The van der Waals surface area contributed by atoms with Crippen molar-refractivity contribution >= 4 is 13.7 Å². The van der Waals surface area contributed by atoms with Crippen LogP contribution in [-0.2, 0) is 25.0 Å². The Bertz CT molecular complexity index is 679. The normalized spacial score (nSPS) is 14.2. The summed E-state index contributed by atoms with van der Waals surface area (Å²) in [7, 11) is -5.00. The molecule has 1 amide bonds. The summed E-state index contributed by atoms with van der Waals surface area (Å²) in [4.78, 5) is 11.9. The molecule has 0 radical (unpaired) electrons. The summed E-state index contributed by atoms with van der Waals surface area (Å²) in [6, 6.07) is 8.26. The molecule has 0 aliphatic rings. The first kappa shape index (κ1) is 22.0. The summed E-state index contributed by atoms with van der Waals surface area (Å²) >= 11 is 0. The van der Waals surface area contributed by atoms with E-state index >= 15 is 0 Å². The zero-order valence-corrected chi connectivity index (χ0v) is 15.1. The minimum absolute atomic E-state index is 0.307. The fraction of sp³-hybridized carbons (Fsp3) is 0.438. The fourth-order valence-corrected chi connectivity index (χ4v) is 3.81. The van der Waals surface area contributed by atoms with Gasteiger partial charge in [0.2, 0.25) is 0 Å². The van der Waals surface area contributed by atoms with Gasteiger partial charge in [0.25, 0.3) is 0 Å². The third-order valence-corrected chi connectivity index (χ3v) is 5.64. The van der Waals surface area contributed by atoms with Crippen molar-refractivity contribution in [1.82, 2.24) is 5.32 Å². The quantitative estimate of drug-likeness (QED) is 0.532. The lowest BCUT2D eigenvalue weighted by Crippen LogP contribution is -2.58. The molecule has 0 saturated heterocycles. The highest BCUT2D eigenvalue weighted by molar-refractivity contribution is 7.56. The Kier molecular flexibility index (Phi) is 7.69. The molecular weight excluding hydrogens is 374 g/mol. The van der Waals surface area contributed by atoms with Crippen molar-refractivity contribution in [2.75, 3.05) is 13.2 Å². The molecule has 0 aliphatic heterocycles. The maximum atomic E-state index is 13.7. The molecule has 6 nitrogen and oxygen atoms in total. The van der Waals surface area contributed by atoms with Crippen LogP contribution < -0.4 is 5.32 Å². The van der Waals surface area contributed by atoms with Crippen LogP contribution in [0.1, 0.15) is 19.4 Å². The molecule has 0 aliphatic carbocycles. The number of ether oxygens (including phenoxy) is 1. The van der Waals surface area contributed by atoms with Gasteiger partial charge in [-0.2, -0.15) is 13.2 Å². The number of amides is 1. The van der Waals surface area contributed by atoms with Gasteiger partial charge in [0.1, 0.15) is 6.61 Å². The monoisotopic (exact) mass is 393 g/mol. The lowest BCUT2D eigenvalue weighted by Gasteiger charge is -2.36. The Morgan fingerprint density at radius 2 is 1.73 bits per heavy atom. The van der Waals surface area contributed by atoms with Crippen LogP contribution in [0.5, 0.6) is 0 Å². The van der Waals surface area contributed by atoms with Crippen LogP contribution in [0.15, 0.2) is 30.3 Å². The summed E-state index contributed by atoms with van der Waals surface area (Å²) in [5.41, 5.74) is 0.541. The van der Waals surface area contributed by atoms with Crippen molar-refractivity contribution in [2.24, 2.45) is 0 Å². The van der Waals surface area contributed by atoms with Crippen molar-refractivity contribution in [3.63, 3.8) is 0 Å². The Balaban J connectivity index is 3.12. The number of terminal acetylenes is 1. The molecule has 1 N–H and O–H groups in total. The number of carbonyl (C=O) groups excluding carboxylic acids is 1. The van der Waals surface area contributed by atoms with Crippen LogP contribution >= 0.6 is 7.60 Å². The summed E-state index contributed by atoms with van der Waals surface area (Å²) in [6.07, 6.45) is -1.81. The van der Waals surface area contributed by atoms with Crippen LogP contribution in [-0.4, -0.2) is 30.8 Å². The first-order valence-corrected chi connectivity index (χ1v) is 9.12. The minimum Gasteiger partial charge on any atom is -0.445 e. The topological polar surface area (TPSA) is 73.9 Å². The van der Waals surface area contributed by atoms with E-state index in [0.29, 0.717) is 5.56 Å². The Morgan fingerprint density at radius 3 is 2.15 bits per heavy atom. The van der Waals surface area contributed by atoms with E-state index in [4.69, 9.17) is 20.2 Å². The smallest absolute Gasteiger partial charge is 0.435 e. The van der Waals surface area contributed by atoms with Gasteiger partial charge in [-0.25, -0.2) is 4.79 Å². The summed E-state index contributed by atoms with van der Waals surface area (Å²) in [5.74, 6) is 1.34. The molecule has 1 rings (SSSR count). The number of nitrogens with one attached hydrogen (secondary N) is 1. The van der Waals surface area contributed by atoms with Gasteiger partial charge >= 0.3 is 25.1 Å². The maximum absolute atomic E-state index is 13.7. The third kappa shape index (κ3) is 4.79. The number of benzene rings is 1. The van der Waals surface area contributed by atoms with Crippen LogP contribution in [0.3, 0.4) is 0 Å². The van der Waals surface area contributed by atoms with Crippen molar-refractivity contribution in [3.05, 3.63) is 35.9 Å². The largest absolute Gasteiger partial charge is 0.445 e. The predicted molar refractivity (Wildman–Crippen MR) is 88.2 cm³/mol. The second kappa shape index (κ2) is 9.08. The van der Waals surface area contributed by atoms with Gasteiger partial charge < -0.3 is 13.8 Å². The summed E-state index contributed by atoms with van der Waals surface area (Å²) in [5, 5.41) is -2.22. The molecule has 0 spiro atoms. The first-order valence-electron chi connectivity index (χ1n) is 7.58. The minimum atomic E-state index is -5.33. The van der Waals surface area contributed by atoms with E-state index in [1.807, 2.05) is 0 Å². The van der Waals surface area contributed by atoms with E-state index < -0.39 is 25.1 Å². The lowest BCUT2D eigenvalue weighted by atomic mass is 10.2. The SMILES string of the molecule is C#CC(NC(=O)OCc1ccccc1)(C(F)(F)F)P(=O)(OCC)OCC. The van der Waals surface area contributed by atoms with E-state index in [1.54, 1.807) is 30.3 Å². The van der Waals surface area contributed by atoms with Crippen molar-refractivity contribution in [1.29, 1.82) is 0 Å². The van der Waals surface area contributed by atoms with E-state index in [1.165, 1.54) is 25.1 Å². The Hall–Kier alpha value is -2.01. The highest BCUT2D eigenvalue weighted by Gasteiger charge is 2.69. The Morgan fingerprint density at radius 1 is 1.19 bits per heavy atom. The average molecular weight is 393 g/mol. The number of halogens is 3. The second-order valence-electron chi connectivity index (χ2n) is 4.87. The van der Waals surface area contributed by atoms with Gasteiger partial charge in [0, 0.05) is 0 Å². The van der Waals surface area contributed by atoms with Crippen LogP contribution in [0.25, 0.3) is 0 Å². The maximum Gasteiger partial charge on any atom is 0.435 e. The molecule has 1 aromatic rings. The molecule has 1 unspecified atom stereocenters. The molecule has 0 fully saturated rings. The number of hydrogen-bond donors (Lipinski definition) is 1. The fourth-order valence-electron chi connectivity index (χ4n) is 1.97. The van der Waals surface area contributed by atoms with E-state index in [2.05, 4.69) is 0 Å². The van der Waals surface area contributed by atoms with Gasteiger partial charge in [0.05, 0.1) is 13.2 Å². The molecule has 0 aromatic heterocycles. The molecule has 0 heterocycles. The van der Waals surface area contributed by atoms with Crippen molar-refractivity contribution in [3.8, 4) is 12.3 Å².